The third-order valence-corrected chi connectivity index (χ3v) is 5.24. The Labute approximate surface area is 124 Å². The highest BCUT2D eigenvalue weighted by atomic mass is 16.5. The van der Waals surface area contributed by atoms with Crippen molar-refractivity contribution in [2.24, 2.45) is 23.7 Å². The molecule has 2 saturated carbocycles. The second-order valence-electron chi connectivity index (χ2n) is 6.27. The van der Waals surface area contributed by atoms with Crippen LogP contribution in [0.3, 0.4) is 0 Å². The van der Waals surface area contributed by atoms with Crippen molar-refractivity contribution in [1.29, 1.82) is 0 Å². The number of rotatable bonds is 3. The van der Waals surface area contributed by atoms with Crippen LogP contribution in [-0.2, 0) is 9.53 Å². The molecule has 0 radical (unpaired) electrons. The standard InChI is InChI=1S/C17H20O4/c1-10-12-7-8-13(10)15(16(18)19)14(9-12)21-17(20)11-5-3-2-4-6-11/h2-6,10,12-15H,7-9H2,1H3,(H,18,19). The van der Waals surface area contributed by atoms with E-state index in [4.69, 9.17) is 4.74 Å². The van der Waals surface area contributed by atoms with Gasteiger partial charge in [0.25, 0.3) is 0 Å². The average Bonchev–Trinajstić information content (AvgIpc) is 2.72. The first-order valence-electron chi connectivity index (χ1n) is 7.56. The molecule has 2 bridgehead atoms. The Morgan fingerprint density at radius 2 is 1.90 bits per heavy atom. The molecular weight excluding hydrogens is 268 g/mol. The van der Waals surface area contributed by atoms with Crippen molar-refractivity contribution in [2.45, 2.75) is 32.3 Å². The molecule has 5 unspecified atom stereocenters. The molecule has 2 aliphatic rings. The van der Waals surface area contributed by atoms with Crippen LogP contribution in [0.2, 0.25) is 0 Å². The Kier molecular flexibility index (Phi) is 3.70. The van der Waals surface area contributed by atoms with Gasteiger partial charge in [-0.05, 0) is 49.1 Å². The molecule has 0 spiro atoms. The zero-order chi connectivity index (χ0) is 15.0. The summed E-state index contributed by atoms with van der Waals surface area (Å²) < 4.78 is 5.56. The van der Waals surface area contributed by atoms with Crippen molar-refractivity contribution in [3.8, 4) is 0 Å². The van der Waals surface area contributed by atoms with Crippen molar-refractivity contribution in [3.63, 3.8) is 0 Å². The van der Waals surface area contributed by atoms with Gasteiger partial charge in [0.05, 0.1) is 11.5 Å². The first kappa shape index (κ1) is 14.1. The minimum Gasteiger partial charge on any atom is -0.481 e. The van der Waals surface area contributed by atoms with E-state index in [1.54, 1.807) is 24.3 Å². The van der Waals surface area contributed by atoms with Gasteiger partial charge in [-0.3, -0.25) is 4.79 Å². The number of carboxylic acids is 1. The van der Waals surface area contributed by atoms with Gasteiger partial charge in [0.1, 0.15) is 6.10 Å². The van der Waals surface area contributed by atoms with E-state index in [0.717, 1.165) is 12.8 Å². The molecule has 0 amide bonds. The monoisotopic (exact) mass is 288 g/mol. The number of hydrogen-bond donors (Lipinski definition) is 1. The van der Waals surface area contributed by atoms with Gasteiger partial charge >= 0.3 is 11.9 Å². The van der Waals surface area contributed by atoms with Gasteiger partial charge in [0, 0.05) is 0 Å². The maximum absolute atomic E-state index is 12.2. The molecule has 1 N–H and O–H groups in total. The molecule has 2 aliphatic carbocycles. The van der Waals surface area contributed by atoms with Gasteiger partial charge in [0.15, 0.2) is 0 Å². The molecular formula is C17H20O4. The molecule has 2 fully saturated rings. The van der Waals surface area contributed by atoms with Gasteiger partial charge in [-0.25, -0.2) is 4.79 Å². The molecule has 1 aromatic carbocycles. The van der Waals surface area contributed by atoms with Crippen molar-refractivity contribution in [2.75, 3.05) is 0 Å². The van der Waals surface area contributed by atoms with E-state index in [-0.39, 0.29) is 5.92 Å². The first-order chi connectivity index (χ1) is 10.1. The smallest absolute Gasteiger partial charge is 0.338 e. The third-order valence-electron chi connectivity index (χ3n) is 5.24. The number of fused-ring (bicyclic) bond motifs is 2. The Bertz CT molecular complexity index is 539. The Morgan fingerprint density at radius 3 is 2.57 bits per heavy atom. The summed E-state index contributed by atoms with van der Waals surface area (Å²) in [6.07, 6.45) is 2.16. The lowest BCUT2D eigenvalue weighted by Gasteiger charge is -2.37. The minimum absolute atomic E-state index is 0.134. The first-order valence-corrected chi connectivity index (χ1v) is 7.56. The number of carbonyl (C=O) groups is 2. The zero-order valence-electron chi connectivity index (χ0n) is 12.1. The Morgan fingerprint density at radius 1 is 1.19 bits per heavy atom. The normalized spacial score (nSPS) is 34.4. The summed E-state index contributed by atoms with van der Waals surface area (Å²) in [5.41, 5.74) is 0.479. The van der Waals surface area contributed by atoms with Crippen molar-refractivity contribution < 1.29 is 19.4 Å². The van der Waals surface area contributed by atoms with E-state index in [9.17, 15) is 14.7 Å². The van der Waals surface area contributed by atoms with E-state index in [1.165, 1.54) is 0 Å². The van der Waals surface area contributed by atoms with Crippen LogP contribution in [0.5, 0.6) is 0 Å². The second kappa shape index (κ2) is 5.51. The van der Waals surface area contributed by atoms with Crippen molar-refractivity contribution >= 4 is 11.9 Å². The lowest BCUT2D eigenvalue weighted by molar-refractivity contribution is -0.152. The predicted octanol–water partition coefficient (Wildman–Crippen LogP) is 2.98. The van der Waals surface area contributed by atoms with Crippen LogP contribution in [-0.4, -0.2) is 23.1 Å². The van der Waals surface area contributed by atoms with Gasteiger partial charge in [-0.15, -0.1) is 0 Å². The highest BCUT2D eigenvalue weighted by Gasteiger charge is 2.51. The summed E-state index contributed by atoms with van der Waals surface area (Å²) in [7, 11) is 0. The fourth-order valence-corrected chi connectivity index (χ4v) is 4.09. The molecule has 21 heavy (non-hydrogen) atoms. The number of ether oxygens (including phenoxy) is 1. The Balaban J connectivity index is 1.78. The lowest BCUT2D eigenvalue weighted by atomic mass is 9.71. The maximum Gasteiger partial charge on any atom is 0.338 e. The van der Waals surface area contributed by atoms with Crippen LogP contribution < -0.4 is 0 Å². The number of benzene rings is 1. The SMILES string of the molecule is CC1C2CCC1C(C(=O)O)C(OC(=O)c1ccccc1)C2. The van der Waals surface area contributed by atoms with Crippen LogP contribution in [0.25, 0.3) is 0 Å². The van der Waals surface area contributed by atoms with Crippen LogP contribution in [0.15, 0.2) is 30.3 Å². The molecule has 4 heteroatoms. The summed E-state index contributed by atoms with van der Waals surface area (Å²) in [6, 6.07) is 8.77. The van der Waals surface area contributed by atoms with Crippen molar-refractivity contribution in [1.82, 2.24) is 0 Å². The number of carboxylic acid groups (broad SMARTS) is 1. The third kappa shape index (κ3) is 2.55. The number of carbonyl (C=O) groups excluding carboxylic acids is 1. The van der Waals surface area contributed by atoms with Gasteiger partial charge in [0.2, 0.25) is 0 Å². The predicted molar refractivity (Wildman–Crippen MR) is 76.8 cm³/mol. The van der Waals surface area contributed by atoms with Crippen LogP contribution in [0.1, 0.15) is 36.5 Å². The maximum atomic E-state index is 12.2. The molecule has 5 atom stereocenters. The van der Waals surface area contributed by atoms with E-state index < -0.39 is 24.0 Å². The highest BCUT2D eigenvalue weighted by molar-refractivity contribution is 5.89. The van der Waals surface area contributed by atoms with E-state index in [2.05, 4.69) is 6.92 Å². The number of aliphatic carboxylic acids is 1. The molecule has 0 saturated heterocycles. The summed E-state index contributed by atoms with van der Waals surface area (Å²) >= 11 is 0. The number of esters is 1. The van der Waals surface area contributed by atoms with Gasteiger partial charge < -0.3 is 9.84 Å². The quantitative estimate of drug-likeness (QED) is 0.868. The van der Waals surface area contributed by atoms with Crippen LogP contribution >= 0.6 is 0 Å². The zero-order valence-corrected chi connectivity index (χ0v) is 12.1. The summed E-state index contributed by atoms with van der Waals surface area (Å²) in [4.78, 5) is 23.8. The summed E-state index contributed by atoms with van der Waals surface area (Å²) in [5.74, 6) is -0.781. The van der Waals surface area contributed by atoms with E-state index in [0.29, 0.717) is 23.8 Å². The minimum atomic E-state index is -0.835. The highest BCUT2D eigenvalue weighted by Crippen LogP contribution is 2.50. The Hall–Kier alpha value is -1.84. The number of hydrogen-bond acceptors (Lipinski definition) is 3. The van der Waals surface area contributed by atoms with E-state index in [1.807, 2.05) is 6.07 Å². The fourth-order valence-electron chi connectivity index (χ4n) is 4.09. The summed E-state index contributed by atoms with van der Waals surface area (Å²) in [5, 5.41) is 9.54. The second-order valence-corrected chi connectivity index (χ2v) is 6.27. The topological polar surface area (TPSA) is 63.6 Å². The molecule has 4 nitrogen and oxygen atoms in total. The largest absolute Gasteiger partial charge is 0.481 e. The summed E-state index contributed by atoms with van der Waals surface area (Å²) in [6.45, 7) is 2.13. The van der Waals surface area contributed by atoms with Crippen molar-refractivity contribution in [3.05, 3.63) is 35.9 Å². The molecule has 3 rings (SSSR count). The van der Waals surface area contributed by atoms with Crippen LogP contribution in [0, 0.1) is 23.7 Å². The van der Waals surface area contributed by atoms with Crippen LogP contribution in [0.4, 0.5) is 0 Å². The molecule has 0 aliphatic heterocycles. The van der Waals surface area contributed by atoms with Gasteiger partial charge in [-0.1, -0.05) is 25.1 Å². The molecule has 112 valence electrons. The fraction of sp³-hybridized carbons (Fsp3) is 0.529. The molecule has 0 heterocycles. The van der Waals surface area contributed by atoms with E-state index >= 15 is 0 Å². The average molecular weight is 288 g/mol. The van der Waals surface area contributed by atoms with Gasteiger partial charge in [-0.2, -0.15) is 0 Å². The molecule has 1 aromatic rings. The lowest BCUT2D eigenvalue weighted by Crippen LogP contribution is -2.44. The molecule has 0 aromatic heterocycles.